The lowest BCUT2D eigenvalue weighted by molar-refractivity contribution is 0.0955. The van der Waals surface area contributed by atoms with E-state index in [0.29, 0.717) is 24.5 Å². The van der Waals surface area contributed by atoms with Crippen LogP contribution in [0.2, 0.25) is 0 Å². The Labute approximate surface area is 134 Å². The van der Waals surface area contributed by atoms with E-state index in [1.54, 1.807) is 12.1 Å². The van der Waals surface area contributed by atoms with Crippen molar-refractivity contribution in [2.24, 2.45) is 5.10 Å². The molecule has 120 valence electrons. The molecule has 0 atom stereocenters. The molecule has 23 heavy (non-hydrogen) atoms. The average Bonchev–Trinajstić information content (AvgIpc) is 3.05. The molecule has 1 aromatic heterocycles. The van der Waals surface area contributed by atoms with Gasteiger partial charge in [0.05, 0.1) is 19.4 Å². The van der Waals surface area contributed by atoms with Gasteiger partial charge in [-0.15, -0.1) is 0 Å². The molecule has 1 aliphatic heterocycles. The molecule has 1 aromatic carbocycles. The molecule has 0 aliphatic carbocycles. The summed E-state index contributed by atoms with van der Waals surface area (Å²) in [6, 6.07) is 11.0. The van der Waals surface area contributed by atoms with E-state index in [0.717, 1.165) is 24.5 Å². The minimum absolute atomic E-state index is 0.249. The zero-order chi connectivity index (χ0) is 16.1. The van der Waals surface area contributed by atoms with E-state index in [1.165, 1.54) is 6.21 Å². The predicted octanol–water partition coefficient (Wildman–Crippen LogP) is 2.19. The fourth-order valence-corrected chi connectivity index (χ4v) is 2.29. The summed E-state index contributed by atoms with van der Waals surface area (Å²) < 4.78 is 11.0. The van der Waals surface area contributed by atoms with Gasteiger partial charge >= 0.3 is 0 Å². The number of nitrogens with one attached hydrogen (secondary N) is 1. The third-order valence-electron chi connectivity index (χ3n) is 3.61. The van der Waals surface area contributed by atoms with Crippen LogP contribution < -0.4 is 10.3 Å². The summed E-state index contributed by atoms with van der Waals surface area (Å²) in [5.41, 5.74) is 4.17. The number of hydrogen-bond donors (Lipinski definition) is 1. The molecule has 6 heteroatoms. The highest BCUT2D eigenvalue weighted by Gasteiger charge is 2.14. The third kappa shape index (κ3) is 3.98. The maximum atomic E-state index is 11.9. The van der Waals surface area contributed by atoms with Crippen LogP contribution in [0.3, 0.4) is 0 Å². The molecule has 1 fully saturated rings. The van der Waals surface area contributed by atoms with Gasteiger partial charge in [0.2, 0.25) is 0 Å². The lowest BCUT2D eigenvalue weighted by atomic mass is 10.1. The highest BCUT2D eigenvalue weighted by molar-refractivity contribution is 5.94. The van der Waals surface area contributed by atoms with Crippen molar-refractivity contribution in [2.45, 2.75) is 6.92 Å². The molecule has 1 aliphatic rings. The lowest BCUT2D eigenvalue weighted by Gasteiger charge is -2.26. The normalized spacial score (nSPS) is 15.1. The van der Waals surface area contributed by atoms with E-state index in [1.807, 2.05) is 31.2 Å². The Balaban J connectivity index is 1.56. The first-order valence-corrected chi connectivity index (χ1v) is 7.55. The van der Waals surface area contributed by atoms with Crippen molar-refractivity contribution in [2.75, 3.05) is 31.2 Å². The SMILES string of the molecule is Cc1ccc(C(=O)N/N=C\c2ccc(N3CCOCC3)o2)cc1. The van der Waals surface area contributed by atoms with Crippen molar-refractivity contribution in [1.82, 2.24) is 5.43 Å². The van der Waals surface area contributed by atoms with E-state index in [-0.39, 0.29) is 5.91 Å². The van der Waals surface area contributed by atoms with Crippen LogP contribution in [0.15, 0.2) is 45.9 Å². The van der Waals surface area contributed by atoms with Crippen molar-refractivity contribution < 1.29 is 13.9 Å². The molecular formula is C17H19N3O3. The number of benzene rings is 1. The van der Waals surface area contributed by atoms with Gasteiger partial charge in [0.1, 0.15) is 5.76 Å². The van der Waals surface area contributed by atoms with E-state index in [4.69, 9.17) is 9.15 Å². The largest absolute Gasteiger partial charge is 0.440 e. The van der Waals surface area contributed by atoms with E-state index in [9.17, 15) is 4.79 Å². The summed E-state index contributed by atoms with van der Waals surface area (Å²) in [4.78, 5) is 14.0. The van der Waals surface area contributed by atoms with Crippen LogP contribution in [0, 0.1) is 6.92 Å². The number of hydrazone groups is 1. The van der Waals surface area contributed by atoms with Crippen LogP contribution in [0.25, 0.3) is 0 Å². The molecular weight excluding hydrogens is 294 g/mol. The quantitative estimate of drug-likeness (QED) is 0.694. The highest BCUT2D eigenvalue weighted by Crippen LogP contribution is 2.18. The number of nitrogens with zero attached hydrogens (tertiary/aromatic N) is 2. The van der Waals surface area contributed by atoms with Gasteiger partial charge < -0.3 is 14.1 Å². The Morgan fingerprint density at radius 3 is 2.65 bits per heavy atom. The first-order chi connectivity index (χ1) is 11.2. The van der Waals surface area contributed by atoms with E-state index < -0.39 is 0 Å². The summed E-state index contributed by atoms with van der Waals surface area (Å²) in [6.45, 7) is 5.01. The Morgan fingerprint density at radius 2 is 1.91 bits per heavy atom. The van der Waals surface area contributed by atoms with Gasteiger partial charge in [-0.05, 0) is 25.1 Å². The van der Waals surface area contributed by atoms with E-state index >= 15 is 0 Å². The van der Waals surface area contributed by atoms with Crippen LogP contribution in [0.1, 0.15) is 21.7 Å². The van der Waals surface area contributed by atoms with E-state index in [2.05, 4.69) is 15.4 Å². The second-order valence-electron chi connectivity index (χ2n) is 5.34. The minimum Gasteiger partial charge on any atom is -0.440 e. The molecule has 3 rings (SSSR count). The number of hydrogen-bond acceptors (Lipinski definition) is 5. The van der Waals surface area contributed by atoms with Crippen LogP contribution in [0.5, 0.6) is 0 Å². The molecule has 0 spiro atoms. The topological polar surface area (TPSA) is 67.1 Å². The molecule has 0 radical (unpaired) electrons. The van der Waals surface area contributed by atoms with Gasteiger partial charge in [-0.2, -0.15) is 5.10 Å². The molecule has 2 heterocycles. The number of carbonyl (C=O) groups is 1. The molecule has 0 saturated carbocycles. The van der Waals surface area contributed by atoms with Gasteiger partial charge in [0.25, 0.3) is 5.91 Å². The Hall–Kier alpha value is -2.60. The summed E-state index contributed by atoms with van der Waals surface area (Å²) >= 11 is 0. The molecule has 2 aromatic rings. The summed E-state index contributed by atoms with van der Waals surface area (Å²) in [5, 5.41) is 3.94. The van der Waals surface area contributed by atoms with Crippen LogP contribution in [-0.2, 0) is 4.74 Å². The fraction of sp³-hybridized carbons (Fsp3) is 0.294. The molecule has 1 N–H and O–H groups in total. The third-order valence-corrected chi connectivity index (χ3v) is 3.61. The molecule has 1 amide bonds. The van der Waals surface area contributed by atoms with Crippen molar-refractivity contribution in [3.8, 4) is 0 Å². The number of furan rings is 1. The number of rotatable bonds is 4. The van der Waals surface area contributed by atoms with Crippen LogP contribution >= 0.6 is 0 Å². The van der Waals surface area contributed by atoms with Crippen molar-refractivity contribution in [1.29, 1.82) is 0 Å². The van der Waals surface area contributed by atoms with Crippen molar-refractivity contribution in [3.05, 3.63) is 53.3 Å². The zero-order valence-electron chi connectivity index (χ0n) is 13.0. The average molecular weight is 313 g/mol. The highest BCUT2D eigenvalue weighted by atomic mass is 16.5. The maximum Gasteiger partial charge on any atom is 0.271 e. The monoisotopic (exact) mass is 313 g/mol. The summed E-state index contributed by atoms with van der Waals surface area (Å²) in [5.74, 6) is 1.14. The molecule has 1 saturated heterocycles. The van der Waals surface area contributed by atoms with Crippen LogP contribution in [-0.4, -0.2) is 38.4 Å². The molecule has 0 unspecified atom stereocenters. The number of amides is 1. The zero-order valence-corrected chi connectivity index (χ0v) is 13.0. The number of carbonyl (C=O) groups excluding carboxylic acids is 1. The number of ether oxygens (including phenoxy) is 1. The first kappa shape index (κ1) is 15.3. The Morgan fingerprint density at radius 1 is 1.17 bits per heavy atom. The predicted molar refractivity (Wildman–Crippen MR) is 88.0 cm³/mol. The lowest BCUT2D eigenvalue weighted by Crippen LogP contribution is -2.35. The standard InChI is InChI=1S/C17H19N3O3/c1-13-2-4-14(5-3-13)17(21)19-18-12-15-6-7-16(23-15)20-8-10-22-11-9-20/h2-7,12H,8-11H2,1H3,(H,19,21)/b18-12-. The van der Waals surface area contributed by atoms with Gasteiger partial charge in [0.15, 0.2) is 5.88 Å². The van der Waals surface area contributed by atoms with Gasteiger partial charge in [-0.25, -0.2) is 5.43 Å². The van der Waals surface area contributed by atoms with Gasteiger partial charge in [0, 0.05) is 24.7 Å². The number of aryl methyl sites for hydroxylation is 1. The molecule has 0 bridgehead atoms. The van der Waals surface area contributed by atoms with Gasteiger partial charge in [-0.1, -0.05) is 17.7 Å². The Bertz CT molecular complexity index is 685. The van der Waals surface area contributed by atoms with Crippen LogP contribution in [0.4, 0.5) is 5.88 Å². The van der Waals surface area contributed by atoms with Crippen molar-refractivity contribution in [3.63, 3.8) is 0 Å². The van der Waals surface area contributed by atoms with Crippen molar-refractivity contribution >= 4 is 18.0 Å². The minimum atomic E-state index is -0.249. The fourth-order valence-electron chi connectivity index (χ4n) is 2.29. The summed E-state index contributed by atoms with van der Waals surface area (Å²) in [6.07, 6.45) is 1.50. The second-order valence-corrected chi connectivity index (χ2v) is 5.34. The first-order valence-electron chi connectivity index (χ1n) is 7.55. The smallest absolute Gasteiger partial charge is 0.271 e. The second kappa shape index (κ2) is 7.11. The maximum absolute atomic E-state index is 11.9. The Kier molecular flexibility index (Phi) is 4.73. The molecule has 6 nitrogen and oxygen atoms in total. The number of morpholine rings is 1. The summed E-state index contributed by atoms with van der Waals surface area (Å²) in [7, 11) is 0. The number of anilines is 1. The van der Waals surface area contributed by atoms with Gasteiger partial charge in [-0.3, -0.25) is 4.79 Å².